The summed E-state index contributed by atoms with van der Waals surface area (Å²) in [5.74, 6) is 0. The first-order chi connectivity index (χ1) is 9.52. The molecule has 3 heteroatoms. The fraction of sp³-hybridized carbons (Fsp3) is 1.00. The van der Waals surface area contributed by atoms with E-state index < -0.39 is 0 Å². The number of rotatable bonds is 14. The van der Waals surface area contributed by atoms with Gasteiger partial charge in [0.25, 0.3) is 0 Å². The van der Waals surface area contributed by atoms with Crippen LogP contribution in [0.15, 0.2) is 0 Å². The highest BCUT2D eigenvalue weighted by Gasteiger charge is 1.99. The third kappa shape index (κ3) is 15.9. The Morgan fingerprint density at radius 3 is 1.00 bits per heavy atom. The number of nitrogens with zero attached hydrogens (tertiary/aromatic N) is 3. The first kappa shape index (κ1) is 19.9. The molecule has 0 aromatic heterocycles. The van der Waals surface area contributed by atoms with Gasteiger partial charge in [-0.15, -0.1) is 0 Å². The average Bonchev–Trinajstić information content (AvgIpc) is 2.37. The third-order valence-corrected chi connectivity index (χ3v) is 3.79. The lowest BCUT2D eigenvalue weighted by molar-refractivity contribution is 0.310. The van der Waals surface area contributed by atoms with Crippen LogP contribution in [0.5, 0.6) is 0 Å². The minimum absolute atomic E-state index is 1.24. The van der Waals surface area contributed by atoms with Crippen LogP contribution in [0.4, 0.5) is 0 Å². The summed E-state index contributed by atoms with van der Waals surface area (Å²) >= 11 is 0. The van der Waals surface area contributed by atoms with Crippen LogP contribution < -0.4 is 0 Å². The molecule has 0 aromatic rings. The first-order valence-electron chi connectivity index (χ1n) is 8.50. The molecule has 122 valence electrons. The highest BCUT2D eigenvalue weighted by atomic mass is 15.1. The summed E-state index contributed by atoms with van der Waals surface area (Å²) in [5.41, 5.74) is 0. The molecule has 3 nitrogen and oxygen atoms in total. The predicted octanol–water partition coefficient (Wildman–Crippen LogP) is 3.16. The minimum Gasteiger partial charge on any atom is -0.309 e. The zero-order valence-corrected chi connectivity index (χ0v) is 14.8. The summed E-state index contributed by atoms with van der Waals surface area (Å²) in [7, 11) is 10.9. The van der Waals surface area contributed by atoms with Crippen molar-refractivity contribution in [3.8, 4) is 0 Å². The van der Waals surface area contributed by atoms with Gasteiger partial charge in [-0.3, -0.25) is 0 Å². The molecule has 0 aliphatic rings. The molecule has 0 aliphatic heterocycles. The lowest BCUT2D eigenvalue weighted by atomic mass is 10.1. The Balaban J connectivity index is 3.18. The largest absolute Gasteiger partial charge is 0.309 e. The zero-order valence-electron chi connectivity index (χ0n) is 14.8. The van der Waals surface area contributed by atoms with E-state index in [9.17, 15) is 0 Å². The number of hydrogen-bond acceptors (Lipinski definition) is 3. The molecule has 0 bridgehead atoms. The van der Waals surface area contributed by atoms with E-state index >= 15 is 0 Å². The first-order valence-corrected chi connectivity index (χ1v) is 8.50. The summed E-state index contributed by atoms with van der Waals surface area (Å²) in [4.78, 5) is 7.07. The molecular formula is C17H39N3. The Labute approximate surface area is 128 Å². The minimum atomic E-state index is 1.24. The summed E-state index contributed by atoms with van der Waals surface area (Å²) < 4.78 is 0. The van der Waals surface area contributed by atoms with E-state index in [-0.39, 0.29) is 0 Å². The molecule has 0 N–H and O–H groups in total. The highest BCUT2D eigenvalue weighted by molar-refractivity contribution is 4.55. The van der Waals surface area contributed by atoms with Gasteiger partial charge in [0.15, 0.2) is 0 Å². The van der Waals surface area contributed by atoms with Crippen LogP contribution in [0.25, 0.3) is 0 Å². The van der Waals surface area contributed by atoms with Crippen LogP contribution in [-0.4, -0.2) is 76.1 Å². The second-order valence-corrected chi connectivity index (χ2v) is 6.74. The van der Waals surface area contributed by atoms with E-state index in [0.717, 1.165) is 0 Å². The Hall–Kier alpha value is -0.120. The van der Waals surface area contributed by atoms with Gasteiger partial charge in [-0.2, -0.15) is 0 Å². The smallest absolute Gasteiger partial charge is 0.00218 e. The Kier molecular flexibility index (Phi) is 13.8. The fourth-order valence-electron chi connectivity index (χ4n) is 2.44. The van der Waals surface area contributed by atoms with Crippen LogP contribution in [0.3, 0.4) is 0 Å². The molecule has 20 heavy (non-hydrogen) atoms. The van der Waals surface area contributed by atoms with Crippen molar-refractivity contribution in [3.05, 3.63) is 0 Å². The Morgan fingerprint density at radius 1 is 0.400 bits per heavy atom. The second kappa shape index (κ2) is 13.8. The van der Waals surface area contributed by atoms with E-state index in [1.54, 1.807) is 0 Å². The number of unbranched alkanes of at least 4 members (excludes halogenated alkanes) is 6. The monoisotopic (exact) mass is 285 g/mol. The van der Waals surface area contributed by atoms with Crippen molar-refractivity contribution in [2.75, 3.05) is 61.4 Å². The van der Waals surface area contributed by atoms with E-state index in [2.05, 4.69) is 49.9 Å². The van der Waals surface area contributed by atoms with Gasteiger partial charge in [-0.1, -0.05) is 25.7 Å². The van der Waals surface area contributed by atoms with Crippen LogP contribution in [0.1, 0.15) is 51.4 Å². The standard InChI is InChI=1S/C17H39N3/c1-18(2)14-10-6-8-12-16-20(5)17-13-9-7-11-15-19(3)4/h6-17H2,1-5H3. The lowest BCUT2D eigenvalue weighted by Gasteiger charge is -2.16. The maximum Gasteiger partial charge on any atom is -0.00218 e. The summed E-state index contributed by atoms with van der Waals surface area (Å²) in [5, 5.41) is 0. The lowest BCUT2D eigenvalue weighted by Crippen LogP contribution is -2.21. The van der Waals surface area contributed by atoms with Gasteiger partial charge in [0.2, 0.25) is 0 Å². The topological polar surface area (TPSA) is 9.72 Å². The van der Waals surface area contributed by atoms with Crippen molar-refractivity contribution in [2.24, 2.45) is 0 Å². The predicted molar refractivity (Wildman–Crippen MR) is 91.5 cm³/mol. The van der Waals surface area contributed by atoms with Crippen molar-refractivity contribution >= 4 is 0 Å². The second-order valence-electron chi connectivity index (χ2n) is 6.74. The van der Waals surface area contributed by atoms with E-state index in [4.69, 9.17) is 0 Å². The van der Waals surface area contributed by atoms with Gasteiger partial charge in [-0.25, -0.2) is 0 Å². The van der Waals surface area contributed by atoms with Crippen LogP contribution in [0, 0.1) is 0 Å². The molecule has 0 unspecified atom stereocenters. The molecule has 0 radical (unpaired) electrons. The Bertz CT molecular complexity index is 173. The maximum absolute atomic E-state index is 2.51. The van der Waals surface area contributed by atoms with E-state index in [0.29, 0.717) is 0 Å². The molecule has 0 aliphatic carbocycles. The van der Waals surface area contributed by atoms with E-state index in [1.807, 2.05) is 0 Å². The summed E-state index contributed by atoms with van der Waals surface area (Å²) in [6.07, 6.45) is 11.0. The molecule has 0 heterocycles. The molecule has 0 aromatic carbocycles. The van der Waals surface area contributed by atoms with Gasteiger partial charge in [0.1, 0.15) is 0 Å². The van der Waals surface area contributed by atoms with Crippen molar-refractivity contribution < 1.29 is 0 Å². The quantitative estimate of drug-likeness (QED) is 0.454. The van der Waals surface area contributed by atoms with Gasteiger partial charge >= 0.3 is 0 Å². The molecule has 0 fully saturated rings. The van der Waals surface area contributed by atoms with Crippen LogP contribution in [-0.2, 0) is 0 Å². The van der Waals surface area contributed by atoms with Gasteiger partial charge in [-0.05, 0) is 87.1 Å². The fourth-order valence-corrected chi connectivity index (χ4v) is 2.44. The molecular weight excluding hydrogens is 246 g/mol. The van der Waals surface area contributed by atoms with Crippen molar-refractivity contribution in [1.29, 1.82) is 0 Å². The Morgan fingerprint density at radius 2 is 0.700 bits per heavy atom. The summed E-state index contributed by atoms with van der Waals surface area (Å²) in [6.45, 7) is 5.03. The van der Waals surface area contributed by atoms with Gasteiger partial charge < -0.3 is 14.7 Å². The molecule has 0 saturated heterocycles. The third-order valence-electron chi connectivity index (χ3n) is 3.79. The highest BCUT2D eigenvalue weighted by Crippen LogP contribution is 2.04. The molecule has 0 saturated carbocycles. The van der Waals surface area contributed by atoms with Gasteiger partial charge in [0, 0.05) is 0 Å². The molecule has 0 rings (SSSR count). The average molecular weight is 286 g/mol. The normalized spacial score (nSPS) is 12.0. The van der Waals surface area contributed by atoms with E-state index in [1.165, 1.54) is 77.5 Å². The van der Waals surface area contributed by atoms with Crippen LogP contribution >= 0.6 is 0 Å². The molecule has 0 atom stereocenters. The SMILES string of the molecule is CN(C)CCCCCCN(C)CCCCCCN(C)C. The van der Waals surface area contributed by atoms with Crippen LogP contribution in [0.2, 0.25) is 0 Å². The van der Waals surface area contributed by atoms with Gasteiger partial charge in [0.05, 0.1) is 0 Å². The summed E-state index contributed by atoms with van der Waals surface area (Å²) in [6, 6.07) is 0. The maximum atomic E-state index is 2.51. The molecule has 0 spiro atoms. The van der Waals surface area contributed by atoms with Crippen molar-refractivity contribution in [3.63, 3.8) is 0 Å². The molecule has 0 amide bonds. The van der Waals surface area contributed by atoms with Crippen molar-refractivity contribution in [1.82, 2.24) is 14.7 Å². The number of hydrogen-bond donors (Lipinski definition) is 0. The van der Waals surface area contributed by atoms with Crippen molar-refractivity contribution in [2.45, 2.75) is 51.4 Å². The zero-order chi connectivity index (χ0) is 15.2.